The van der Waals surface area contributed by atoms with Crippen molar-refractivity contribution in [1.82, 2.24) is 0 Å². The van der Waals surface area contributed by atoms with Crippen molar-refractivity contribution in [1.29, 1.82) is 0 Å². The lowest BCUT2D eigenvalue weighted by molar-refractivity contribution is -0.0554. The largest absolute Gasteiger partial charge is 0.493 e. The molecule has 1 spiro atoms. The first kappa shape index (κ1) is 6.72. The Kier molecular flexibility index (Phi) is 1.20. The molecule has 12 heavy (non-hydrogen) atoms. The van der Waals surface area contributed by atoms with Gasteiger partial charge in [-0.2, -0.15) is 0 Å². The standard InChI is InChI=1S/C10H12O2/c1-3-10-4-2-8(12-7-10)6-9(10)11-5-1/h1,3,6,8H,2,4-5,7H2. The second-order valence-corrected chi connectivity index (χ2v) is 3.79. The van der Waals surface area contributed by atoms with Gasteiger partial charge in [0.2, 0.25) is 0 Å². The van der Waals surface area contributed by atoms with Crippen LogP contribution in [-0.4, -0.2) is 19.3 Å². The predicted octanol–water partition coefficient (Wildman–Crippen LogP) is 1.64. The molecule has 2 heteroatoms. The van der Waals surface area contributed by atoms with Crippen molar-refractivity contribution in [3.63, 3.8) is 0 Å². The number of ether oxygens (including phenoxy) is 2. The van der Waals surface area contributed by atoms with E-state index in [2.05, 4.69) is 18.2 Å². The SMILES string of the molecule is C1=CC23CCC(C=C2OC1)OC3. The van der Waals surface area contributed by atoms with Crippen LogP contribution in [0, 0.1) is 5.41 Å². The maximum absolute atomic E-state index is 5.63. The lowest BCUT2D eigenvalue weighted by atomic mass is 9.73. The van der Waals surface area contributed by atoms with Gasteiger partial charge in [0.25, 0.3) is 0 Å². The third kappa shape index (κ3) is 0.734. The molecule has 4 aliphatic rings. The van der Waals surface area contributed by atoms with Crippen LogP contribution in [0.25, 0.3) is 0 Å². The molecule has 1 saturated heterocycles. The van der Waals surface area contributed by atoms with Crippen LogP contribution < -0.4 is 0 Å². The normalized spacial score (nSPS) is 43.3. The van der Waals surface area contributed by atoms with Gasteiger partial charge >= 0.3 is 0 Å². The fourth-order valence-electron chi connectivity index (χ4n) is 2.29. The van der Waals surface area contributed by atoms with E-state index < -0.39 is 0 Å². The third-order valence-corrected chi connectivity index (χ3v) is 3.03. The van der Waals surface area contributed by atoms with Gasteiger partial charge in [0.1, 0.15) is 12.4 Å². The van der Waals surface area contributed by atoms with E-state index in [4.69, 9.17) is 9.47 Å². The zero-order chi connectivity index (χ0) is 8.02. The Morgan fingerprint density at radius 3 is 3.25 bits per heavy atom. The molecule has 2 bridgehead atoms. The maximum atomic E-state index is 5.63. The number of rotatable bonds is 0. The molecule has 0 aromatic carbocycles. The number of hydrogen-bond donors (Lipinski definition) is 0. The van der Waals surface area contributed by atoms with Crippen molar-refractivity contribution in [2.24, 2.45) is 5.41 Å². The number of fused-ring (bicyclic) bond motifs is 2. The van der Waals surface area contributed by atoms with Crippen molar-refractivity contribution in [3.8, 4) is 0 Å². The molecule has 3 aliphatic heterocycles. The zero-order valence-electron chi connectivity index (χ0n) is 6.95. The summed E-state index contributed by atoms with van der Waals surface area (Å²) in [5.41, 5.74) is 0.118. The molecular weight excluding hydrogens is 152 g/mol. The minimum Gasteiger partial charge on any atom is -0.493 e. The van der Waals surface area contributed by atoms with Crippen LogP contribution >= 0.6 is 0 Å². The maximum Gasteiger partial charge on any atom is 0.107 e. The Morgan fingerprint density at radius 2 is 2.50 bits per heavy atom. The summed E-state index contributed by atoms with van der Waals surface area (Å²) >= 11 is 0. The molecule has 4 rings (SSSR count). The van der Waals surface area contributed by atoms with Crippen LogP contribution in [0.15, 0.2) is 24.0 Å². The van der Waals surface area contributed by atoms with Crippen LogP contribution in [0.2, 0.25) is 0 Å². The van der Waals surface area contributed by atoms with Gasteiger partial charge in [0.05, 0.1) is 18.1 Å². The van der Waals surface area contributed by atoms with E-state index in [9.17, 15) is 0 Å². The van der Waals surface area contributed by atoms with Crippen LogP contribution in [-0.2, 0) is 9.47 Å². The van der Waals surface area contributed by atoms with Gasteiger partial charge in [0.15, 0.2) is 0 Å². The fourth-order valence-corrected chi connectivity index (χ4v) is 2.29. The Labute approximate surface area is 71.9 Å². The van der Waals surface area contributed by atoms with Gasteiger partial charge in [-0.05, 0) is 18.9 Å². The quantitative estimate of drug-likeness (QED) is 0.507. The van der Waals surface area contributed by atoms with E-state index in [0.717, 1.165) is 25.4 Å². The van der Waals surface area contributed by atoms with E-state index in [1.54, 1.807) is 0 Å². The van der Waals surface area contributed by atoms with Crippen molar-refractivity contribution in [2.75, 3.05) is 13.2 Å². The van der Waals surface area contributed by atoms with Crippen LogP contribution in [0.1, 0.15) is 12.8 Å². The third-order valence-electron chi connectivity index (χ3n) is 3.03. The molecule has 3 heterocycles. The minimum atomic E-state index is 0.118. The van der Waals surface area contributed by atoms with Gasteiger partial charge in [-0.25, -0.2) is 0 Å². The van der Waals surface area contributed by atoms with Crippen molar-refractivity contribution in [3.05, 3.63) is 24.0 Å². The summed E-state index contributed by atoms with van der Waals surface area (Å²) in [5, 5.41) is 0. The van der Waals surface area contributed by atoms with Gasteiger partial charge in [-0.15, -0.1) is 0 Å². The summed E-state index contributed by atoms with van der Waals surface area (Å²) in [6, 6.07) is 0. The van der Waals surface area contributed by atoms with Crippen LogP contribution in [0.3, 0.4) is 0 Å². The summed E-state index contributed by atoms with van der Waals surface area (Å²) in [6.07, 6.45) is 9.19. The summed E-state index contributed by atoms with van der Waals surface area (Å²) in [7, 11) is 0. The molecule has 1 fully saturated rings. The van der Waals surface area contributed by atoms with E-state index in [-0.39, 0.29) is 5.41 Å². The highest BCUT2D eigenvalue weighted by molar-refractivity contribution is 5.27. The van der Waals surface area contributed by atoms with Crippen LogP contribution in [0.5, 0.6) is 0 Å². The Bertz CT molecular complexity index is 257. The van der Waals surface area contributed by atoms with Crippen LogP contribution in [0.4, 0.5) is 0 Å². The molecule has 1 aliphatic carbocycles. The summed E-state index contributed by atoms with van der Waals surface area (Å²) < 4.78 is 11.2. The summed E-state index contributed by atoms with van der Waals surface area (Å²) in [5.74, 6) is 1.16. The minimum absolute atomic E-state index is 0.118. The zero-order valence-corrected chi connectivity index (χ0v) is 6.95. The van der Waals surface area contributed by atoms with Crippen molar-refractivity contribution >= 4 is 0 Å². The first-order valence-electron chi connectivity index (χ1n) is 4.53. The second kappa shape index (κ2) is 2.13. The van der Waals surface area contributed by atoms with E-state index in [1.807, 2.05) is 0 Å². The van der Waals surface area contributed by atoms with E-state index >= 15 is 0 Å². The second-order valence-electron chi connectivity index (χ2n) is 3.79. The van der Waals surface area contributed by atoms with Gasteiger partial charge in [0, 0.05) is 0 Å². The molecule has 64 valence electrons. The molecule has 2 nitrogen and oxygen atoms in total. The average Bonchev–Trinajstić information content (AvgIpc) is 2.18. The highest BCUT2D eigenvalue weighted by atomic mass is 16.5. The predicted molar refractivity (Wildman–Crippen MR) is 44.6 cm³/mol. The lowest BCUT2D eigenvalue weighted by Gasteiger charge is -2.45. The van der Waals surface area contributed by atoms with Gasteiger partial charge in [-0.3, -0.25) is 0 Å². The first-order chi connectivity index (χ1) is 5.89. The Morgan fingerprint density at radius 1 is 1.50 bits per heavy atom. The van der Waals surface area contributed by atoms with Gasteiger partial charge in [-0.1, -0.05) is 12.2 Å². The molecule has 0 radical (unpaired) electrons. The lowest BCUT2D eigenvalue weighted by Crippen LogP contribution is -2.42. The fraction of sp³-hybridized carbons (Fsp3) is 0.600. The molecule has 0 aromatic rings. The number of hydrogen-bond acceptors (Lipinski definition) is 2. The molecule has 2 unspecified atom stereocenters. The van der Waals surface area contributed by atoms with Crippen molar-refractivity contribution in [2.45, 2.75) is 18.9 Å². The Balaban J connectivity index is 2.10. The highest BCUT2D eigenvalue weighted by Gasteiger charge is 2.44. The van der Waals surface area contributed by atoms with Crippen molar-refractivity contribution < 1.29 is 9.47 Å². The molecular formula is C10H12O2. The summed E-state index contributed by atoms with van der Waals surface area (Å²) in [6.45, 7) is 1.56. The molecule has 0 amide bonds. The topological polar surface area (TPSA) is 18.5 Å². The van der Waals surface area contributed by atoms with E-state index in [0.29, 0.717) is 6.10 Å². The average molecular weight is 164 g/mol. The highest BCUT2D eigenvalue weighted by Crippen LogP contribution is 2.46. The monoisotopic (exact) mass is 164 g/mol. The van der Waals surface area contributed by atoms with Gasteiger partial charge < -0.3 is 9.47 Å². The first-order valence-corrected chi connectivity index (χ1v) is 4.53. The molecule has 0 N–H and O–H groups in total. The molecule has 0 aromatic heterocycles. The molecule has 0 saturated carbocycles. The summed E-state index contributed by atoms with van der Waals surface area (Å²) in [4.78, 5) is 0. The molecule has 2 atom stereocenters. The Hall–Kier alpha value is -0.760. The smallest absolute Gasteiger partial charge is 0.107 e. The van der Waals surface area contributed by atoms with E-state index in [1.165, 1.54) is 6.42 Å².